The van der Waals surface area contributed by atoms with Crippen molar-refractivity contribution in [3.05, 3.63) is 24.3 Å². The summed E-state index contributed by atoms with van der Waals surface area (Å²) in [5.41, 5.74) is 0.408. The van der Waals surface area contributed by atoms with Gasteiger partial charge in [0.15, 0.2) is 0 Å². The van der Waals surface area contributed by atoms with Crippen molar-refractivity contribution < 1.29 is 8.42 Å². The molecule has 1 aromatic rings. The molecule has 0 spiro atoms. The molecule has 4 nitrogen and oxygen atoms in total. The van der Waals surface area contributed by atoms with Crippen molar-refractivity contribution >= 4 is 32.6 Å². The van der Waals surface area contributed by atoms with E-state index in [-0.39, 0.29) is 10.2 Å². The molecule has 0 fully saturated rings. The average Bonchev–Trinajstić information content (AvgIpc) is 2.28. The molecule has 1 heterocycles. The van der Waals surface area contributed by atoms with Crippen molar-refractivity contribution in [2.45, 2.75) is 24.7 Å². The van der Waals surface area contributed by atoms with Crippen molar-refractivity contribution in [2.24, 2.45) is 4.99 Å². The Morgan fingerprint density at radius 2 is 2.06 bits per heavy atom. The Kier molecular flexibility index (Phi) is 3.40. The monoisotopic (exact) mass is 272 g/mol. The van der Waals surface area contributed by atoms with Gasteiger partial charge in [0.2, 0.25) is 5.29 Å². The molecule has 0 unspecified atom stereocenters. The molecule has 2 rings (SSSR count). The molecule has 0 radical (unpaired) electrons. The van der Waals surface area contributed by atoms with Crippen LogP contribution in [0.3, 0.4) is 0 Å². The zero-order valence-electron chi connectivity index (χ0n) is 9.43. The molecule has 0 aromatic heterocycles. The van der Waals surface area contributed by atoms with Gasteiger partial charge in [-0.15, -0.1) is 0 Å². The van der Waals surface area contributed by atoms with Gasteiger partial charge in [0.1, 0.15) is 4.90 Å². The molecule has 0 atom stereocenters. The summed E-state index contributed by atoms with van der Waals surface area (Å²) in [4.78, 5) is 4.33. The van der Waals surface area contributed by atoms with Gasteiger partial charge < -0.3 is 0 Å². The van der Waals surface area contributed by atoms with Crippen LogP contribution in [0, 0.1) is 0 Å². The van der Waals surface area contributed by atoms with Crippen LogP contribution in [-0.2, 0) is 10.0 Å². The van der Waals surface area contributed by atoms with Crippen LogP contribution in [-0.4, -0.2) is 24.6 Å². The molecule has 1 aliphatic heterocycles. The van der Waals surface area contributed by atoms with Crippen LogP contribution >= 0.6 is 11.6 Å². The number of nitrogens with zero attached hydrogens (tertiary/aromatic N) is 2. The molecule has 17 heavy (non-hydrogen) atoms. The molecule has 92 valence electrons. The smallest absolute Gasteiger partial charge is 0.240 e. The maximum atomic E-state index is 12.3. The fourth-order valence-corrected chi connectivity index (χ4v) is 3.58. The third-order valence-corrected chi connectivity index (χ3v) is 4.79. The highest BCUT2D eigenvalue weighted by Crippen LogP contribution is 2.32. The SMILES string of the molecule is CCCCN1C(Cl)=Nc2ccccc2S1(=O)=O. The second kappa shape index (κ2) is 4.66. The number of hydrogen-bond acceptors (Lipinski definition) is 3. The second-order valence-electron chi connectivity index (χ2n) is 3.78. The van der Waals surface area contributed by atoms with Gasteiger partial charge in [-0.25, -0.2) is 17.7 Å². The van der Waals surface area contributed by atoms with Crippen LogP contribution in [0.1, 0.15) is 19.8 Å². The van der Waals surface area contributed by atoms with Crippen LogP contribution in [0.4, 0.5) is 5.69 Å². The zero-order chi connectivity index (χ0) is 12.5. The molecule has 0 amide bonds. The standard InChI is InChI=1S/C11H13ClN2O2S/c1-2-3-8-14-11(12)13-9-6-4-5-7-10(9)17(14,15)16/h4-7H,2-3,8H2,1H3. The number of aliphatic imine (C=N–C) groups is 1. The van der Waals surface area contributed by atoms with E-state index in [1.165, 1.54) is 4.31 Å². The summed E-state index contributed by atoms with van der Waals surface area (Å²) in [5, 5.41) is 0.0251. The van der Waals surface area contributed by atoms with Gasteiger partial charge in [0.05, 0.1) is 5.69 Å². The molecule has 1 aliphatic rings. The summed E-state index contributed by atoms with van der Waals surface area (Å²) in [7, 11) is -3.53. The van der Waals surface area contributed by atoms with Gasteiger partial charge in [-0.2, -0.15) is 0 Å². The number of fused-ring (bicyclic) bond motifs is 1. The summed E-state index contributed by atoms with van der Waals surface area (Å²) >= 11 is 5.93. The lowest BCUT2D eigenvalue weighted by molar-refractivity contribution is 0.510. The lowest BCUT2D eigenvalue weighted by Gasteiger charge is -2.26. The van der Waals surface area contributed by atoms with Crippen LogP contribution in [0.15, 0.2) is 34.2 Å². The van der Waals surface area contributed by atoms with Gasteiger partial charge in [-0.1, -0.05) is 25.5 Å². The lowest BCUT2D eigenvalue weighted by Crippen LogP contribution is -2.37. The second-order valence-corrected chi connectivity index (χ2v) is 5.95. The number of sulfonamides is 1. The van der Waals surface area contributed by atoms with E-state index in [0.717, 1.165) is 12.8 Å². The van der Waals surface area contributed by atoms with Crippen LogP contribution in [0.5, 0.6) is 0 Å². The summed E-state index contributed by atoms with van der Waals surface area (Å²) in [5.74, 6) is 0. The Morgan fingerprint density at radius 3 is 2.76 bits per heavy atom. The van der Waals surface area contributed by atoms with E-state index >= 15 is 0 Å². The average molecular weight is 273 g/mol. The van der Waals surface area contributed by atoms with Gasteiger partial charge in [-0.05, 0) is 30.2 Å². The fourth-order valence-electron chi connectivity index (χ4n) is 1.65. The highest BCUT2D eigenvalue weighted by atomic mass is 35.5. The highest BCUT2D eigenvalue weighted by molar-refractivity contribution is 7.90. The highest BCUT2D eigenvalue weighted by Gasteiger charge is 2.32. The molecule has 0 N–H and O–H groups in total. The van der Waals surface area contributed by atoms with E-state index in [0.29, 0.717) is 12.2 Å². The summed E-state index contributed by atoms with van der Waals surface area (Å²) in [6.45, 7) is 2.37. The van der Waals surface area contributed by atoms with Crippen LogP contribution in [0.2, 0.25) is 0 Å². The maximum absolute atomic E-state index is 12.3. The van der Waals surface area contributed by atoms with Crippen molar-refractivity contribution in [2.75, 3.05) is 6.54 Å². The third-order valence-electron chi connectivity index (χ3n) is 2.57. The molecule has 0 aliphatic carbocycles. The Morgan fingerprint density at radius 1 is 1.35 bits per heavy atom. The van der Waals surface area contributed by atoms with E-state index in [9.17, 15) is 8.42 Å². The van der Waals surface area contributed by atoms with Gasteiger partial charge in [0.25, 0.3) is 10.0 Å². The Bertz CT molecular complexity index is 554. The maximum Gasteiger partial charge on any atom is 0.268 e. The van der Waals surface area contributed by atoms with Crippen LogP contribution in [0.25, 0.3) is 0 Å². The predicted molar refractivity (Wildman–Crippen MR) is 68.2 cm³/mol. The Balaban J connectivity index is 2.48. The molecule has 6 heteroatoms. The zero-order valence-corrected chi connectivity index (χ0v) is 11.0. The van der Waals surface area contributed by atoms with E-state index in [1.54, 1.807) is 24.3 Å². The van der Waals surface area contributed by atoms with E-state index in [2.05, 4.69) is 4.99 Å². The molecular weight excluding hydrogens is 260 g/mol. The van der Waals surface area contributed by atoms with Crippen LogP contribution < -0.4 is 0 Å². The van der Waals surface area contributed by atoms with Crippen molar-refractivity contribution in [1.82, 2.24) is 4.31 Å². The third kappa shape index (κ3) is 2.17. The number of unbranched alkanes of at least 4 members (excludes halogenated alkanes) is 1. The van der Waals surface area contributed by atoms with Gasteiger partial charge >= 0.3 is 0 Å². The topological polar surface area (TPSA) is 49.7 Å². The van der Waals surface area contributed by atoms with E-state index in [4.69, 9.17) is 11.6 Å². The molecule has 0 saturated heterocycles. The fraction of sp³-hybridized carbons (Fsp3) is 0.364. The quantitative estimate of drug-likeness (QED) is 0.795. The predicted octanol–water partition coefficient (Wildman–Crippen LogP) is 2.72. The molecule has 0 saturated carbocycles. The largest absolute Gasteiger partial charge is 0.268 e. The number of halogens is 1. The Hall–Kier alpha value is -1.07. The van der Waals surface area contributed by atoms with E-state index in [1.807, 2.05) is 6.92 Å². The molecule has 0 bridgehead atoms. The number of hydrogen-bond donors (Lipinski definition) is 0. The van der Waals surface area contributed by atoms with Crippen molar-refractivity contribution in [3.8, 4) is 0 Å². The summed E-state index contributed by atoms with van der Waals surface area (Å²) < 4.78 is 25.7. The normalized spacial score (nSPS) is 17.5. The minimum atomic E-state index is -3.53. The molecule has 1 aromatic carbocycles. The first-order valence-corrected chi connectivity index (χ1v) is 7.25. The number of para-hydroxylation sites is 1. The van der Waals surface area contributed by atoms with Gasteiger partial charge in [0, 0.05) is 6.54 Å². The lowest BCUT2D eigenvalue weighted by atomic mass is 10.3. The number of rotatable bonds is 3. The Labute approximate surface area is 106 Å². The minimum Gasteiger partial charge on any atom is -0.240 e. The van der Waals surface area contributed by atoms with Gasteiger partial charge in [-0.3, -0.25) is 0 Å². The first kappa shape index (κ1) is 12.4. The number of benzene rings is 1. The minimum absolute atomic E-state index is 0.0251. The number of amidine groups is 1. The van der Waals surface area contributed by atoms with Crippen molar-refractivity contribution in [3.63, 3.8) is 0 Å². The van der Waals surface area contributed by atoms with E-state index < -0.39 is 10.0 Å². The first-order valence-electron chi connectivity index (χ1n) is 5.43. The summed E-state index contributed by atoms with van der Waals surface area (Å²) in [6, 6.07) is 6.62. The summed E-state index contributed by atoms with van der Waals surface area (Å²) in [6.07, 6.45) is 1.66. The van der Waals surface area contributed by atoms with Crippen molar-refractivity contribution in [1.29, 1.82) is 0 Å². The molecular formula is C11H13ClN2O2S. The first-order chi connectivity index (χ1) is 8.07.